The van der Waals surface area contributed by atoms with Crippen LogP contribution in [0.4, 0.5) is 0 Å². The number of likely N-dealkylation sites (tertiary alicyclic amines) is 1. The van der Waals surface area contributed by atoms with Crippen LogP contribution in [0.2, 0.25) is 0 Å². The number of hydrogen-bond acceptors (Lipinski definition) is 4. The third-order valence-corrected chi connectivity index (χ3v) is 5.67. The SMILES string of the molecule is CC(CCCN1C(=O)C=CC1=O)CC(C)(C)CCN1C(=O)CCC(C)C1=O. The van der Waals surface area contributed by atoms with Crippen LogP contribution in [0.25, 0.3) is 0 Å². The van der Waals surface area contributed by atoms with Gasteiger partial charge >= 0.3 is 0 Å². The second-order valence-electron chi connectivity index (χ2n) is 8.85. The molecule has 0 aromatic rings. The van der Waals surface area contributed by atoms with Crippen molar-refractivity contribution in [3.8, 4) is 0 Å². The van der Waals surface area contributed by atoms with Gasteiger partial charge in [0.15, 0.2) is 0 Å². The van der Waals surface area contributed by atoms with E-state index in [1.54, 1.807) is 0 Å². The van der Waals surface area contributed by atoms with Gasteiger partial charge < -0.3 is 0 Å². The van der Waals surface area contributed by atoms with Crippen LogP contribution in [0.5, 0.6) is 0 Å². The van der Waals surface area contributed by atoms with Crippen molar-refractivity contribution < 1.29 is 19.2 Å². The Bertz CT molecular complexity index is 620. The Labute approximate surface area is 162 Å². The molecule has 0 N–H and O–H groups in total. The molecule has 2 unspecified atom stereocenters. The molecular weight excluding hydrogens is 344 g/mol. The highest BCUT2D eigenvalue weighted by molar-refractivity contribution is 6.12. The van der Waals surface area contributed by atoms with Crippen molar-refractivity contribution in [1.29, 1.82) is 0 Å². The average Bonchev–Trinajstić information content (AvgIpc) is 2.89. The van der Waals surface area contributed by atoms with Crippen molar-refractivity contribution >= 4 is 23.6 Å². The van der Waals surface area contributed by atoms with E-state index in [0.717, 1.165) is 25.7 Å². The fraction of sp³-hybridized carbons (Fsp3) is 0.714. The highest BCUT2D eigenvalue weighted by Crippen LogP contribution is 2.32. The molecule has 150 valence electrons. The molecule has 2 aliphatic rings. The number of rotatable bonds is 9. The van der Waals surface area contributed by atoms with Crippen molar-refractivity contribution in [3.05, 3.63) is 12.2 Å². The van der Waals surface area contributed by atoms with Gasteiger partial charge in [0.05, 0.1) is 0 Å². The van der Waals surface area contributed by atoms with Gasteiger partial charge in [-0.05, 0) is 43.4 Å². The van der Waals surface area contributed by atoms with Gasteiger partial charge in [-0.2, -0.15) is 0 Å². The van der Waals surface area contributed by atoms with Crippen molar-refractivity contribution in [3.63, 3.8) is 0 Å². The second kappa shape index (κ2) is 8.81. The zero-order valence-electron chi connectivity index (χ0n) is 17.0. The minimum atomic E-state index is -0.224. The van der Waals surface area contributed by atoms with Crippen LogP contribution in [0.3, 0.4) is 0 Å². The van der Waals surface area contributed by atoms with Crippen LogP contribution in [0.15, 0.2) is 12.2 Å². The lowest BCUT2D eigenvalue weighted by Crippen LogP contribution is -2.45. The number of piperidine rings is 1. The van der Waals surface area contributed by atoms with Gasteiger partial charge in [0, 0.05) is 37.6 Å². The van der Waals surface area contributed by atoms with Crippen molar-refractivity contribution in [1.82, 2.24) is 9.80 Å². The summed E-state index contributed by atoms with van der Waals surface area (Å²) in [7, 11) is 0. The van der Waals surface area contributed by atoms with Crippen molar-refractivity contribution in [2.45, 2.75) is 66.2 Å². The van der Waals surface area contributed by atoms with Crippen molar-refractivity contribution in [2.75, 3.05) is 13.1 Å². The Morgan fingerprint density at radius 1 is 1.07 bits per heavy atom. The zero-order chi connectivity index (χ0) is 20.2. The molecule has 2 aliphatic heterocycles. The summed E-state index contributed by atoms with van der Waals surface area (Å²) in [4.78, 5) is 50.1. The van der Waals surface area contributed by atoms with Crippen LogP contribution in [-0.2, 0) is 19.2 Å². The molecule has 2 rings (SSSR count). The summed E-state index contributed by atoms with van der Waals surface area (Å²) in [5.74, 6) is -0.155. The lowest BCUT2D eigenvalue weighted by Gasteiger charge is -2.33. The summed E-state index contributed by atoms with van der Waals surface area (Å²) in [6.45, 7) is 9.36. The van der Waals surface area contributed by atoms with E-state index in [1.807, 2.05) is 6.92 Å². The van der Waals surface area contributed by atoms with E-state index in [0.29, 0.717) is 31.8 Å². The summed E-state index contributed by atoms with van der Waals surface area (Å²) >= 11 is 0. The molecule has 0 saturated carbocycles. The first-order chi connectivity index (χ1) is 12.6. The largest absolute Gasteiger partial charge is 0.282 e. The quantitative estimate of drug-likeness (QED) is 0.580. The van der Waals surface area contributed by atoms with Crippen LogP contribution in [-0.4, -0.2) is 46.5 Å². The average molecular weight is 376 g/mol. The molecule has 0 aromatic heterocycles. The molecule has 1 fully saturated rings. The predicted molar refractivity (Wildman–Crippen MR) is 102 cm³/mol. The van der Waals surface area contributed by atoms with Gasteiger partial charge in [-0.25, -0.2) is 0 Å². The van der Waals surface area contributed by atoms with E-state index in [2.05, 4.69) is 20.8 Å². The Hall–Kier alpha value is -1.98. The van der Waals surface area contributed by atoms with E-state index in [-0.39, 0.29) is 35.0 Å². The van der Waals surface area contributed by atoms with Gasteiger partial charge in [-0.3, -0.25) is 29.0 Å². The molecule has 0 radical (unpaired) electrons. The fourth-order valence-corrected chi connectivity index (χ4v) is 4.03. The number of amides is 4. The predicted octanol–water partition coefficient (Wildman–Crippen LogP) is 2.92. The maximum Gasteiger partial charge on any atom is 0.253 e. The Morgan fingerprint density at radius 3 is 2.33 bits per heavy atom. The van der Waals surface area contributed by atoms with E-state index < -0.39 is 0 Å². The Kier molecular flexibility index (Phi) is 6.95. The molecule has 0 aliphatic carbocycles. The van der Waals surface area contributed by atoms with E-state index >= 15 is 0 Å². The monoisotopic (exact) mass is 376 g/mol. The van der Waals surface area contributed by atoms with Crippen LogP contribution < -0.4 is 0 Å². The van der Waals surface area contributed by atoms with Crippen LogP contribution >= 0.6 is 0 Å². The highest BCUT2D eigenvalue weighted by atomic mass is 16.2. The minimum absolute atomic E-state index is 0.0154. The molecule has 0 spiro atoms. The van der Waals surface area contributed by atoms with Crippen LogP contribution in [0, 0.1) is 17.3 Å². The number of carbonyl (C=O) groups excluding carboxylic acids is 4. The number of nitrogens with zero attached hydrogens (tertiary/aromatic N) is 2. The first kappa shape index (κ1) is 21.3. The lowest BCUT2D eigenvalue weighted by atomic mass is 9.79. The topological polar surface area (TPSA) is 74.8 Å². The second-order valence-corrected chi connectivity index (χ2v) is 8.85. The molecule has 6 nitrogen and oxygen atoms in total. The first-order valence-corrected chi connectivity index (χ1v) is 9.98. The van der Waals surface area contributed by atoms with Crippen LogP contribution in [0.1, 0.15) is 66.2 Å². The summed E-state index contributed by atoms with van der Waals surface area (Å²) in [5.41, 5.74) is 0.0154. The molecule has 2 atom stereocenters. The normalized spacial score (nSPS) is 22.1. The fourth-order valence-electron chi connectivity index (χ4n) is 4.03. The summed E-state index contributed by atoms with van der Waals surface area (Å²) in [5, 5.41) is 0. The minimum Gasteiger partial charge on any atom is -0.282 e. The van der Waals surface area contributed by atoms with Gasteiger partial charge in [0.2, 0.25) is 11.8 Å². The maximum atomic E-state index is 12.2. The maximum absolute atomic E-state index is 12.2. The summed E-state index contributed by atoms with van der Waals surface area (Å²) in [6, 6.07) is 0. The molecular formula is C21H32N2O4. The Morgan fingerprint density at radius 2 is 1.70 bits per heavy atom. The Balaban J connectivity index is 1.74. The van der Waals surface area contributed by atoms with Gasteiger partial charge in [-0.15, -0.1) is 0 Å². The van der Waals surface area contributed by atoms with E-state index in [4.69, 9.17) is 0 Å². The first-order valence-electron chi connectivity index (χ1n) is 9.98. The summed E-state index contributed by atoms with van der Waals surface area (Å²) in [6.07, 6.45) is 7.24. The lowest BCUT2D eigenvalue weighted by molar-refractivity contribution is -0.151. The molecule has 0 bridgehead atoms. The highest BCUT2D eigenvalue weighted by Gasteiger charge is 2.33. The number of imide groups is 2. The molecule has 27 heavy (non-hydrogen) atoms. The van der Waals surface area contributed by atoms with Crippen molar-refractivity contribution in [2.24, 2.45) is 17.3 Å². The van der Waals surface area contributed by atoms with Gasteiger partial charge in [-0.1, -0.05) is 27.7 Å². The number of hydrogen-bond donors (Lipinski definition) is 0. The van der Waals surface area contributed by atoms with Gasteiger partial charge in [0.25, 0.3) is 11.8 Å². The van der Waals surface area contributed by atoms with E-state index in [9.17, 15) is 19.2 Å². The molecule has 6 heteroatoms. The zero-order valence-corrected chi connectivity index (χ0v) is 17.0. The third kappa shape index (κ3) is 5.75. The molecule has 0 aromatic carbocycles. The number of carbonyl (C=O) groups is 4. The molecule has 1 saturated heterocycles. The smallest absolute Gasteiger partial charge is 0.253 e. The van der Waals surface area contributed by atoms with Gasteiger partial charge in [0.1, 0.15) is 0 Å². The molecule has 4 amide bonds. The van der Waals surface area contributed by atoms with E-state index in [1.165, 1.54) is 22.0 Å². The summed E-state index contributed by atoms with van der Waals surface area (Å²) < 4.78 is 0. The molecule has 2 heterocycles. The standard InChI is InChI=1S/C21H32N2O4/c1-15(6-5-12-22-17(24)9-10-18(22)25)14-21(3,4)11-13-23-19(26)8-7-16(2)20(23)27/h9-10,15-16H,5-8,11-14H2,1-4H3. The third-order valence-electron chi connectivity index (χ3n) is 5.67.